The second-order valence-electron chi connectivity index (χ2n) is 8.00. The molecule has 4 rings (SSSR count). The number of hydrogen-bond acceptors (Lipinski definition) is 4. The summed E-state index contributed by atoms with van der Waals surface area (Å²) in [4.78, 5) is 17.7. The van der Waals surface area contributed by atoms with Gasteiger partial charge in [-0.2, -0.15) is 5.10 Å². The normalized spacial score (nSPS) is 12.0. The SMILES string of the molecule is COc1ccc(C(NC(=O)CCc2c(C)nc3cc(C)nn3c2C)c2ccccc2)cc1. The molecule has 0 saturated heterocycles. The van der Waals surface area contributed by atoms with Crippen molar-refractivity contribution in [1.82, 2.24) is 19.9 Å². The van der Waals surface area contributed by atoms with Crippen LogP contribution in [-0.2, 0) is 11.2 Å². The van der Waals surface area contributed by atoms with Crippen LogP contribution in [0.25, 0.3) is 5.65 Å². The number of fused-ring (bicyclic) bond motifs is 1. The van der Waals surface area contributed by atoms with E-state index < -0.39 is 0 Å². The molecule has 1 N–H and O–H groups in total. The third-order valence-electron chi connectivity index (χ3n) is 5.78. The first kappa shape index (κ1) is 21.6. The molecule has 2 aromatic heterocycles. The summed E-state index contributed by atoms with van der Waals surface area (Å²) in [6.45, 7) is 5.98. The first-order valence-electron chi connectivity index (χ1n) is 10.8. The lowest BCUT2D eigenvalue weighted by atomic mass is 9.98. The van der Waals surface area contributed by atoms with Crippen LogP contribution >= 0.6 is 0 Å². The minimum absolute atomic E-state index is 0.00906. The molecule has 0 fully saturated rings. The van der Waals surface area contributed by atoms with Crippen molar-refractivity contribution in [3.05, 3.63) is 94.4 Å². The Hall–Kier alpha value is -3.67. The van der Waals surface area contributed by atoms with Crippen LogP contribution in [0.2, 0.25) is 0 Å². The fraction of sp³-hybridized carbons (Fsp3) is 0.269. The summed E-state index contributed by atoms with van der Waals surface area (Å²) in [5.74, 6) is 0.778. The molecule has 32 heavy (non-hydrogen) atoms. The number of aryl methyl sites for hydroxylation is 3. The number of carbonyl (C=O) groups excluding carboxylic acids is 1. The molecule has 4 aromatic rings. The largest absolute Gasteiger partial charge is 0.497 e. The summed E-state index contributed by atoms with van der Waals surface area (Å²) in [7, 11) is 1.65. The fourth-order valence-corrected chi connectivity index (χ4v) is 4.08. The number of aromatic nitrogens is 3. The summed E-state index contributed by atoms with van der Waals surface area (Å²) < 4.78 is 7.14. The summed E-state index contributed by atoms with van der Waals surface area (Å²) >= 11 is 0. The number of ether oxygens (including phenoxy) is 1. The quantitative estimate of drug-likeness (QED) is 0.471. The highest BCUT2D eigenvalue weighted by molar-refractivity contribution is 5.77. The number of methoxy groups -OCH3 is 1. The number of amides is 1. The first-order valence-corrected chi connectivity index (χ1v) is 10.8. The molecule has 0 aliphatic carbocycles. The fourth-order valence-electron chi connectivity index (χ4n) is 4.08. The van der Waals surface area contributed by atoms with Crippen molar-refractivity contribution >= 4 is 11.6 Å². The zero-order valence-corrected chi connectivity index (χ0v) is 18.9. The number of nitrogens with one attached hydrogen (secondary N) is 1. The highest BCUT2D eigenvalue weighted by atomic mass is 16.5. The van der Waals surface area contributed by atoms with Gasteiger partial charge in [-0.1, -0.05) is 42.5 Å². The van der Waals surface area contributed by atoms with Gasteiger partial charge in [-0.15, -0.1) is 0 Å². The van der Waals surface area contributed by atoms with Crippen LogP contribution in [0, 0.1) is 20.8 Å². The van der Waals surface area contributed by atoms with Crippen molar-refractivity contribution < 1.29 is 9.53 Å². The van der Waals surface area contributed by atoms with Crippen molar-refractivity contribution in [2.75, 3.05) is 7.11 Å². The molecule has 0 spiro atoms. The Kier molecular flexibility index (Phi) is 6.21. The van der Waals surface area contributed by atoms with Gasteiger partial charge in [0.1, 0.15) is 5.75 Å². The topological polar surface area (TPSA) is 68.5 Å². The van der Waals surface area contributed by atoms with Crippen LogP contribution < -0.4 is 10.1 Å². The Balaban J connectivity index is 1.53. The molecule has 1 unspecified atom stereocenters. The van der Waals surface area contributed by atoms with Crippen molar-refractivity contribution in [2.45, 2.75) is 39.7 Å². The van der Waals surface area contributed by atoms with Crippen LogP contribution in [0.5, 0.6) is 5.75 Å². The van der Waals surface area contributed by atoms with Crippen LogP contribution in [-0.4, -0.2) is 27.6 Å². The van der Waals surface area contributed by atoms with E-state index in [-0.39, 0.29) is 11.9 Å². The zero-order valence-electron chi connectivity index (χ0n) is 18.9. The summed E-state index contributed by atoms with van der Waals surface area (Å²) in [5.41, 5.74) is 6.85. The molecule has 0 radical (unpaired) electrons. The lowest BCUT2D eigenvalue weighted by Crippen LogP contribution is -2.29. The zero-order chi connectivity index (χ0) is 22.7. The van der Waals surface area contributed by atoms with Crippen LogP contribution in [0.15, 0.2) is 60.7 Å². The smallest absolute Gasteiger partial charge is 0.221 e. The van der Waals surface area contributed by atoms with Gasteiger partial charge in [0.05, 0.1) is 18.8 Å². The third-order valence-corrected chi connectivity index (χ3v) is 5.78. The molecule has 0 bridgehead atoms. The van der Waals surface area contributed by atoms with Gasteiger partial charge in [-0.05, 0) is 56.0 Å². The Morgan fingerprint density at radius 1 is 1.03 bits per heavy atom. The maximum Gasteiger partial charge on any atom is 0.221 e. The predicted octanol–water partition coefficient (Wildman–Crippen LogP) is 4.50. The highest BCUT2D eigenvalue weighted by Gasteiger charge is 2.18. The number of nitrogens with zero attached hydrogens (tertiary/aromatic N) is 3. The van der Waals surface area contributed by atoms with Gasteiger partial charge >= 0.3 is 0 Å². The third kappa shape index (κ3) is 4.49. The molecule has 2 heterocycles. The monoisotopic (exact) mass is 428 g/mol. The summed E-state index contributed by atoms with van der Waals surface area (Å²) in [6.07, 6.45) is 0.976. The average Bonchev–Trinajstić information content (AvgIpc) is 3.18. The van der Waals surface area contributed by atoms with E-state index in [0.717, 1.165) is 45.2 Å². The molecular weight excluding hydrogens is 400 g/mol. The average molecular weight is 429 g/mol. The van der Waals surface area contributed by atoms with E-state index in [2.05, 4.69) is 15.4 Å². The van der Waals surface area contributed by atoms with Crippen molar-refractivity contribution in [3.8, 4) is 5.75 Å². The molecule has 0 aliphatic rings. The maximum absolute atomic E-state index is 13.0. The number of hydrogen-bond donors (Lipinski definition) is 1. The lowest BCUT2D eigenvalue weighted by molar-refractivity contribution is -0.121. The van der Waals surface area contributed by atoms with E-state index >= 15 is 0 Å². The van der Waals surface area contributed by atoms with Crippen molar-refractivity contribution in [2.24, 2.45) is 0 Å². The van der Waals surface area contributed by atoms with E-state index in [0.29, 0.717) is 12.8 Å². The Morgan fingerprint density at radius 3 is 2.41 bits per heavy atom. The molecule has 0 saturated carbocycles. The molecule has 2 aromatic carbocycles. The second-order valence-corrected chi connectivity index (χ2v) is 8.00. The van der Waals surface area contributed by atoms with E-state index in [4.69, 9.17) is 4.74 Å². The number of benzene rings is 2. The standard InChI is InChI=1S/C26H28N4O2/c1-17-16-24-27-18(2)23(19(3)30(24)29-17)14-15-25(31)28-26(20-8-6-5-7-9-20)21-10-12-22(32-4)13-11-21/h5-13,16,26H,14-15H2,1-4H3,(H,28,31). The molecule has 6 heteroatoms. The minimum atomic E-state index is -0.230. The highest BCUT2D eigenvalue weighted by Crippen LogP contribution is 2.25. The van der Waals surface area contributed by atoms with Crippen molar-refractivity contribution in [3.63, 3.8) is 0 Å². The predicted molar refractivity (Wildman–Crippen MR) is 125 cm³/mol. The van der Waals surface area contributed by atoms with Gasteiger partial charge in [0.2, 0.25) is 5.91 Å². The van der Waals surface area contributed by atoms with Gasteiger partial charge in [0.25, 0.3) is 0 Å². The molecule has 164 valence electrons. The molecule has 0 aliphatic heterocycles. The summed E-state index contributed by atoms with van der Waals surface area (Å²) in [5, 5.41) is 7.74. The van der Waals surface area contributed by atoms with Gasteiger partial charge in [0, 0.05) is 23.9 Å². The second kappa shape index (κ2) is 9.22. The Morgan fingerprint density at radius 2 is 1.72 bits per heavy atom. The van der Waals surface area contributed by atoms with Crippen LogP contribution in [0.4, 0.5) is 0 Å². The molecule has 1 atom stereocenters. The number of rotatable bonds is 7. The molecular formula is C26H28N4O2. The van der Waals surface area contributed by atoms with E-state index in [1.807, 2.05) is 86.0 Å². The van der Waals surface area contributed by atoms with Gasteiger partial charge in [-0.3, -0.25) is 4.79 Å². The Labute approximate surface area is 188 Å². The minimum Gasteiger partial charge on any atom is -0.497 e. The van der Waals surface area contributed by atoms with Gasteiger partial charge < -0.3 is 10.1 Å². The van der Waals surface area contributed by atoms with Crippen LogP contribution in [0.3, 0.4) is 0 Å². The van der Waals surface area contributed by atoms with E-state index in [1.165, 1.54) is 0 Å². The van der Waals surface area contributed by atoms with Gasteiger partial charge in [0.15, 0.2) is 5.65 Å². The lowest BCUT2D eigenvalue weighted by Gasteiger charge is -2.20. The van der Waals surface area contributed by atoms with Gasteiger partial charge in [-0.25, -0.2) is 9.50 Å². The van der Waals surface area contributed by atoms with Crippen molar-refractivity contribution in [1.29, 1.82) is 0 Å². The Bertz CT molecular complexity index is 1230. The van der Waals surface area contributed by atoms with E-state index in [9.17, 15) is 4.79 Å². The van der Waals surface area contributed by atoms with Crippen LogP contribution in [0.1, 0.15) is 46.2 Å². The maximum atomic E-state index is 13.0. The molecule has 1 amide bonds. The number of carbonyl (C=O) groups is 1. The summed E-state index contributed by atoms with van der Waals surface area (Å²) in [6, 6.07) is 19.5. The first-order chi connectivity index (χ1) is 15.5. The molecule has 6 nitrogen and oxygen atoms in total. The van der Waals surface area contributed by atoms with E-state index in [1.54, 1.807) is 7.11 Å².